The van der Waals surface area contributed by atoms with Gasteiger partial charge in [-0.25, -0.2) is 9.18 Å². The van der Waals surface area contributed by atoms with Crippen molar-refractivity contribution in [2.45, 2.75) is 64.1 Å². The molecule has 1 amide bonds. The van der Waals surface area contributed by atoms with Gasteiger partial charge in [0.2, 0.25) is 0 Å². The van der Waals surface area contributed by atoms with E-state index in [9.17, 15) is 9.18 Å². The fourth-order valence-electron chi connectivity index (χ4n) is 3.62. The summed E-state index contributed by atoms with van der Waals surface area (Å²) in [5.74, 6) is -0.345. The zero-order chi connectivity index (χ0) is 18.2. The monoisotopic (exact) mass is 342 g/mol. The topological polar surface area (TPSA) is 53.3 Å². The minimum absolute atomic E-state index is 0.00504. The van der Waals surface area contributed by atoms with Gasteiger partial charge in [-0.1, -0.05) is 18.2 Å². The highest BCUT2D eigenvalue weighted by molar-refractivity contribution is 5.75. The van der Waals surface area contributed by atoms with Gasteiger partial charge < -0.3 is 4.74 Å². The zero-order valence-electron chi connectivity index (χ0n) is 14.9. The Morgan fingerprint density at radius 1 is 1.40 bits per heavy atom. The molecule has 1 aromatic carbocycles. The molecule has 1 fully saturated rings. The Hall–Kier alpha value is -2.35. The Morgan fingerprint density at radius 2 is 2.16 bits per heavy atom. The first-order valence-electron chi connectivity index (χ1n) is 8.66. The summed E-state index contributed by atoms with van der Waals surface area (Å²) in [4.78, 5) is 14.3. The number of fused-ring (bicyclic) bond motifs is 2. The number of halogens is 1. The van der Waals surface area contributed by atoms with Crippen LogP contribution in [0.1, 0.15) is 51.2 Å². The van der Waals surface area contributed by atoms with Crippen LogP contribution in [0, 0.1) is 17.1 Å². The van der Waals surface area contributed by atoms with Crippen molar-refractivity contribution in [3.05, 3.63) is 41.2 Å². The van der Waals surface area contributed by atoms with Crippen LogP contribution >= 0.6 is 0 Å². The second-order valence-corrected chi connectivity index (χ2v) is 7.72. The van der Waals surface area contributed by atoms with Gasteiger partial charge >= 0.3 is 6.09 Å². The molecular formula is C20H23FN2O2. The lowest BCUT2D eigenvalue weighted by atomic mass is 9.94. The summed E-state index contributed by atoms with van der Waals surface area (Å²) in [7, 11) is 0. The first-order valence-corrected chi connectivity index (χ1v) is 8.66. The molecule has 0 aromatic heterocycles. The highest BCUT2D eigenvalue weighted by atomic mass is 19.1. The Bertz CT molecular complexity index is 758. The van der Waals surface area contributed by atoms with Crippen LogP contribution in [0.3, 0.4) is 0 Å². The minimum atomic E-state index is -0.514. The zero-order valence-corrected chi connectivity index (χ0v) is 14.9. The highest BCUT2D eigenvalue weighted by Crippen LogP contribution is 2.39. The van der Waals surface area contributed by atoms with Gasteiger partial charge in [0.25, 0.3) is 0 Å². The SMILES string of the molecule is CC(C)(C)OC(=O)N1C2C=C(c3ccc(CC#N)c(F)c3)CC1CC2. The lowest BCUT2D eigenvalue weighted by molar-refractivity contribution is 0.0175. The summed E-state index contributed by atoms with van der Waals surface area (Å²) >= 11 is 0. The summed E-state index contributed by atoms with van der Waals surface area (Å²) in [6.45, 7) is 5.59. The Kier molecular flexibility index (Phi) is 4.55. The van der Waals surface area contributed by atoms with E-state index in [1.165, 1.54) is 6.07 Å². The molecule has 4 nitrogen and oxygen atoms in total. The molecule has 132 valence electrons. The van der Waals surface area contributed by atoms with Gasteiger partial charge in [-0.2, -0.15) is 5.26 Å². The molecule has 2 atom stereocenters. The maximum absolute atomic E-state index is 14.1. The van der Waals surface area contributed by atoms with Crippen LogP contribution in [0.4, 0.5) is 9.18 Å². The Balaban J connectivity index is 1.81. The summed E-state index contributed by atoms with van der Waals surface area (Å²) in [6, 6.07) is 7.12. The summed E-state index contributed by atoms with van der Waals surface area (Å²) < 4.78 is 19.7. The molecule has 2 unspecified atom stereocenters. The van der Waals surface area contributed by atoms with E-state index in [-0.39, 0.29) is 30.4 Å². The number of nitrogens with zero attached hydrogens (tertiary/aromatic N) is 2. The smallest absolute Gasteiger partial charge is 0.411 e. The van der Waals surface area contributed by atoms with Crippen molar-refractivity contribution in [2.75, 3.05) is 0 Å². The van der Waals surface area contributed by atoms with Gasteiger partial charge in [0.05, 0.1) is 18.5 Å². The van der Waals surface area contributed by atoms with Crippen LogP contribution < -0.4 is 0 Å². The number of carbonyl (C=O) groups is 1. The van der Waals surface area contributed by atoms with Crippen LogP contribution in [-0.4, -0.2) is 28.7 Å². The van der Waals surface area contributed by atoms with E-state index in [0.29, 0.717) is 12.0 Å². The molecule has 0 aliphatic carbocycles. The van der Waals surface area contributed by atoms with Gasteiger partial charge in [0.15, 0.2) is 0 Å². The molecule has 2 bridgehead atoms. The minimum Gasteiger partial charge on any atom is -0.444 e. The van der Waals surface area contributed by atoms with E-state index in [1.54, 1.807) is 6.07 Å². The standard InChI is InChI=1S/C20H23FN2O2/c1-20(2,3)25-19(24)23-16-6-7-17(23)11-15(10-16)14-5-4-13(8-9-22)18(21)12-14/h4-5,10,12,16-17H,6-8,11H2,1-3H3. The van der Waals surface area contributed by atoms with Crippen molar-refractivity contribution in [1.82, 2.24) is 4.90 Å². The van der Waals surface area contributed by atoms with Crippen LogP contribution in [-0.2, 0) is 11.2 Å². The van der Waals surface area contributed by atoms with Gasteiger partial charge in [-0.05, 0) is 57.2 Å². The normalized spacial score (nSPS) is 22.4. The van der Waals surface area contributed by atoms with E-state index in [4.69, 9.17) is 10.00 Å². The molecule has 3 rings (SSSR count). The van der Waals surface area contributed by atoms with E-state index >= 15 is 0 Å². The number of hydrogen-bond acceptors (Lipinski definition) is 3. The van der Waals surface area contributed by atoms with Crippen LogP contribution in [0.15, 0.2) is 24.3 Å². The third-order valence-electron chi connectivity index (χ3n) is 4.69. The van der Waals surface area contributed by atoms with Crippen LogP contribution in [0.2, 0.25) is 0 Å². The van der Waals surface area contributed by atoms with Crippen LogP contribution in [0.5, 0.6) is 0 Å². The van der Waals surface area contributed by atoms with Crippen molar-refractivity contribution >= 4 is 11.7 Å². The lowest BCUT2D eigenvalue weighted by Crippen LogP contribution is -2.45. The third-order valence-corrected chi connectivity index (χ3v) is 4.69. The number of benzene rings is 1. The van der Waals surface area contributed by atoms with Gasteiger partial charge in [0, 0.05) is 11.6 Å². The van der Waals surface area contributed by atoms with Crippen molar-refractivity contribution < 1.29 is 13.9 Å². The average Bonchev–Trinajstić information content (AvgIpc) is 2.78. The maximum Gasteiger partial charge on any atom is 0.411 e. The molecule has 0 radical (unpaired) electrons. The first kappa shape index (κ1) is 17.5. The highest BCUT2D eigenvalue weighted by Gasteiger charge is 2.41. The van der Waals surface area contributed by atoms with Gasteiger partial charge in [-0.3, -0.25) is 4.90 Å². The fraction of sp³-hybridized carbons (Fsp3) is 0.500. The van der Waals surface area contributed by atoms with E-state index < -0.39 is 5.60 Å². The molecule has 0 N–H and O–H groups in total. The van der Waals surface area contributed by atoms with Crippen molar-refractivity contribution in [3.8, 4) is 6.07 Å². The summed E-state index contributed by atoms with van der Waals surface area (Å²) in [5.41, 5.74) is 1.80. The molecule has 1 saturated heterocycles. The number of amides is 1. The predicted molar refractivity (Wildman–Crippen MR) is 93.2 cm³/mol. The summed E-state index contributed by atoms with van der Waals surface area (Å²) in [6.07, 6.45) is 4.40. The van der Waals surface area contributed by atoms with Crippen molar-refractivity contribution in [1.29, 1.82) is 5.26 Å². The average molecular weight is 342 g/mol. The second-order valence-electron chi connectivity index (χ2n) is 7.72. The molecule has 25 heavy (non-hydrogen) atoms. The van der Waals surface area contributed by atoms with E-state index in [2.05, 4.69) is 6.08 Å². The van der Waals surface area contributed by atoms with Gasteiger partial charge in [-0.15, -0.1) is 0 Å². The molecule has 0 spiro atoms. The number of ether oxygens (including phenoxy) is 1. The number of carbonyl (C=O) groups excluding carboxylic acids is 1. The largest absolute Gasteiger partial charge is 0.444 e. The molecule has 0 saturated carbocycles. The van der Waals surface area contributed by atoms with E-state index in [0.717, 1.165) is 24.0 Å². The number of hydrogen-bond donors (Lipinski definition) is 0. The van der Waals surface area contributed by atoms with Crippen LogP contribution in [0.25, 0.3) is 5.57 Å². The maximum atomic E-state index is 14.1. The quantitative estimate of drug-likeness (QED) is 0.798. The van der Waals surface area contributed by atoms with Gasteiger partial charge in [0.1, 0.15) is 11.4 Å². The number of rotatable bonds is 2. The Labute approximate surface area is 147 Å². The molecule has 1 aromatic rings. The third kappa shape index (κ3) is 3.68. The summed E-state index contributed by atoms with van der Waals surface area (Å²) in [5, 5.41) is 8.72. The van der Waals surface area contributed by atoms with Crippen molar-refractivity contribution in [2.24, 2.45) is 0 Å². The van der Waals surface area contributed by atoms with E-state index in [1.807, 2.05) is 37.8 Å². The molecule has 2 aliphatic heterocycles. The molecule has 2 heterocycles. The second kappa shape index (κ2) is 6.51. The van der Waals surface area contributed by atoms with Crippen molar-refractivity contribution in [3.63, 3.8) is 0 Å². The molecule has 2 aliphatic rings. The number of nitriles is 1. The predicted octanol–water partition coefficient (Wildman–Crippen LogP) is 4.45. The fourth-order valence-corrected chi connectivity index (χ4v) is 3.62. The Morgan fingerprint density at radius 3 is 2.76 bits per heavy atom. The lowest BCUT2D eigenvalue weighted by Gasteiger charge is -2.35. The molecular weight excluding hydrogens is 319 g/mol. The molecule has 5 heteroatoms. The first-order chi connectivity index (χ1) is 11.8.